The Labute approximate surface area is 124 Å². The summed E-state index contributed by atoms with van der Waals surface area (Å²) in [5.41, 5.74) is 3.97. The molecular weight excluding hydrogens is 248 g/mol. The summed E-state index contributed by atoms with van der Waals surface area (Å²) in [7, 11) is 0. The van der Waals surface area contributed by atoms with Gasteiger partial charge in [0, 0.05) is 0 Å². The molecule has 1 aromatic rings. The maximum atomic E-state index is 5.79. The van der Waals surface area contributed by atoms with Gasteiger partial charge in [0.15, 0.2) is 0 Å². The van der Waals surface area contributed by atoms with Gasteiger partial charge in [-0.2, -0.15) is 0 Å². The van der Waals surface area contributed by atoms with E-state index < -0.39 is 0 Å². The van der Waals surface area contributed by atoms with E-state index in [-0.39, 0.29) is 17.6 Å². The third-order valence-electron chi connectivity index (χ3n) is 3.22. The normalized spacial score (nSPS) is 12.4. The first-order chi connectivity index (χ1) is 9.20. The Morgan fingerprint density at radius 3 is 1.80 bits per heavy atom. The molecule has 0 amide bonds. The molecule has 0 saturated heterocycles. The van der Waals surface area contributed by atoms with Crippen LogP contribution in [0.5, 0.6) is 0 Å². The van der Waals surface area contributed by atoms with Gasteiger partial charge in [-0.15, -0.1) is 0 Å². The van der Waals surface area contributed by atoms with Crippen LogP contribution in [0.15, 0.2) is 18.2 Å². The lowest BCUT2D eigenvalue weighted by atomic mass is 9.85. The van der Waals surface area contributed by atoms with Gasteiger partial charge in [-0.1, -0.05) is 39.0 Å². The number of benzene rings is 1. The summed E-state index contributed by atoms with van der Waals surface area (Å²) in [6.45, 7) is 16.3. The van der Waals surface area contributed by atoms with Crippen molar-refractivity contribution in [2.75, 3.05) is 0 Å². The molecule has 0 unspecified atom stereocenters. The fraction of sp³-hybridized carbons (Fsp3) is 0.667. The van der Waals surface area contributed by atoms with E-state index in [1.54, 1.807) is 0 Å². The van der Waals surface area contributed by atoms with Crippen LogP contribution in [0.1, 0.15) is 65.2 Å². The largest absolute Gasteiger partial charge is 0.374 e. The summed E-state index contributed by atoms with van der Waals surface area (Å²) >= 11 is 0. The topological polar surface area (TPSA) is 18.5 Å². The highest BCUT2D eigenvalue weighted by atomic mass is 16.5. The van der Waals surface area contributed by atoms with Crippen molar-refractivity contribution in [3.8, 4) is 0 Å². The van der Waals surface area contributed by atoms with E-state index in [1.165, 1.54) is 16.7 Å². The summed E-state index contributed by atoms with van der Waals surface area (Å²) in [6.07, 6.45) is 0.489. The van der Waals surface area contributed by atoms with E-state index >= 15 is 0 Å². The molecule has 114 valence electrons. The van der Waals surface area contributed by atoms with E-state index in [0.29, 0.717) is 13.2 Å². The third kappa shape index (κ3) is 5.64. The van der Waals surface area contributed by atoms with Crippen LogP contribution in [0.3, 0.4) is 0 Å². The van der Waals surface area contributed by atoms with Crippen molar-refractivity contribution in [1.29, 1.82) is 0 Å². The first-order valence-electron chi connectivity index (χ1n) is 7.55. The smallest absolute Gasteiger partial charge is 0.0723 e. The Bertz CT molecular complexity index is 414. The lowest BCUT2D eigenvalue weighted by molar-refractivity contribution is 0.0537. The van der Waals surface area contributed by atoms with Crippen LogP contribution in [-0.2, 0) is 28.1 Å². The molecule has 0 fully saturated rings. The SMILES string of the molecule is CC(C)OCc1ccc(C(C)(C)C)cc1COC(C)C. The Balaban J connectivity index is 2.96. The van der Waals surface area contributed by atoms with Gasteiger partial charge in [0.1, 0.15) is 0 Å². The van der Waals surface area contributed by atoms with Gasteiger partial charge in [0.05, 0.1) is 25.4 Å². The lowest BCUT2D eigenvalue weighted by Gasteiger charge is -2.22. The van der Waals surface area contributed by atoms with Gasteiger partial charge in [-0.25, -0.2) is 0 Å². The first-order valence-corrected chi connectivity index (χ1v) is 7.55. The molecule has 0 spiro atoms. The van der Waals surface area contributed by atoms with Crippen molar-refractivity contribution in [3.05, 3.63) is 34.9 Å². The van der Waals surface area contributed by atoms with Gasteiger partial charge in [-0.05, 0) is 49.8 Å². The van der Waals surface area contributed by atoms with E-state index in [4.69, 9.17) is 9.47 Å². The molecule has 0 aliphatic rings. The summed E-state index contributed by atoms with van der Waals surface area (Å²) in [4.78, 5) is 0. The van der Waals surface area contributed by atoms with Gasteiger partial charge in [-0.3, -0.25) is 0 Å². The Morgan fingerprint density at radius 2 is 1.35 bits per heavy atom. The van der Waals surface area contributed by atoms with Gasteiger partial charge < -0.3 is 9.47 Å². The van der Waals surface area contributed by atoms with Crippen LogP contribution in [0.2, 0.25) is 0 Å². The number of ether oxygens (including phenoxy) is 2. The van der Waals surface area contributed by atoms with E-state index in [0.717, 1.165) is 0 Å². The highest BCUT2D eigenvalue weighted by Crippen LogP contribution is 2.25. The Hall–Kier alpha value is -0.860. The minimum absolute atomic E-state index is 0.157. The fourth-order valence-electron chi connectivity index (χ4n) is 1.88. The summed E-state index contributed by atoms with van der Waals surface area (Å²) in [5.74, 6) is 0. The molecule has 0 aliphatic carbocycles. The molecule has 2 nitrogen and oxygen atoms in total. The summed E-state index contributed by atoms with van der Waals surface area (Å²) in [6, 6.07) is 6.65. The van der Waals surface area contributed by atoms with Crippen molar-refractivity contribution >= 4 is 0 Å². The van der Waals surface area contributed by atoms with Crippen molar-refractivity contribution in [3.63, 3.8) is 0 Å². The van der Waals surface area contributed by atoms with E-state index in [2.05, 4.69) is 66.7 Å². The molecule has 1 rings (SSSR count). The van der Waals surface area contributed by atoms with Crippen molar-refractivity contribution in [2.24, 2.45) is 0 Å². The minimum atomic E-state index is 0.157. The molecule has 1 aromatic carbocycles. The maximum absolute atomic E-state index is 5.79. The Morgan fingerprint density at radius 1 is 0.850 bits per heavy atom. The zero-order chi connectivity index (χ0) is 15.3. The van der Waals surface area contributed by atoms with Gasteiger partial charge in [0.25, 0.3) is 0 Å². The second-order valence-corrected chi connectivity index (χ2v) is 6.95. The first kappa shape index (κ1) is 17.2. The molecule has 0 heterocycles. The molecule has 0 N–H and O–H groups in total. The number of rotatable bonds is 6. The van der Waals surface area contributed by atoms with Crippen molar-refractivity contribution in [2.45, 2.75) is 79.3 Å². The molecule has 0 saturated carbocycles. The summed E-state index contributed by atoms with van der Waals surface area (Å²) in [5, 5.41) is 0. The van der Waals surface area contributed by atoms with Gasteiger partial charge >= 0.3 is 0 Å². The van der Waals surface area contributed by atoms with Crippen LogP contribution in [-0.4, -0.2) is 12.2 Å². The van der Waals surface area contributed by atoms with Crippen LogP contribution in [0.25, 0.3) is 0 Å². The second kappa shape index (κ2) is 7.24. The van der Waals surface area contributed by atoms with Gasteiger partial charge in [0.2, 0.25) is 0 Å². The highest BCUT2D eigenvalue weighted by molar-refractivity contribution is 5.34. The zero-order valence-electron chi connectivity index (χ0n) is 14.1. The second-order valence-electron chi connectivity index (χ2n) is 6.95. The predicted molar refractivity (Wildman–Crippen MR) is 85.0 cm³/mol. The Kier molecular flexibility index (Phi) is 6.22. The van der Waals surface area contributed by atoms with Crippen LogP contribution in [0.4, 0.5) is 0 Å². The monoisotopic (exact) mass is 278 g/mol. The quantitative estimate of drug-likeness (QED) is 0.741. The molecule has 2 heteroatoms. The molecule has 0 aliphatic heterocycles. The fourth-order valence-corrected chi connectivity index (χ4v) is 1.88. The molecular formula is C18H30O2. The molecule has 0 aromatic heterocycles. The standard InChI is InChI=1S/C18H30O2/c1-13(2)19-11-15-8-9-17(18(5,6)7)10-16(15)12-20-14(3)4/h8-10,13-14H,11-12H2,1-7H3. The molecule has 0 radical (unpaired) electrons. The predicted octanol–water partition coefficient (Wildman–Crippen LogP) is 4.83. The van der Waals surface area contributed by atoms with Crippen molar-refractivity contribution in [1.82, 2.24) is 0 Å². The van der Waals surface area contributed by atoms with Crippen LogP contribution in [0, 0.1) is 0 Å². The number of hydrogen-bond donors (Lipinski definition) is 0. The molecule has 20 heavy (non-hydrogen) atoms. The average molecular weight is 278 g/mol. The zero-order valence-corrected chi connectivity index (χ0v) is 14.1. The van der Waals surface area contributed by atoms with Crippen LogP contribution < -0.4 is 0 Å². The van der Waals surface area contributed by atoms with E-state index in [9.17, 15) is 0 Å². The summed E-state index contributed by atoms with van der Waals surface area (Å²) < 4.78 is 11.5. The van der Waals surface area contributed by atoms with E-state index in [1.807, 2.05) is 0 Å². The highest BCUT2D eigenvalue weighted by Gasteiger charge is 2.16. The lowest BCUT2D eigenvalue weighted by Crippen LogP contribution is -2.14. The van der Waals surface area contributed by atoms with Crippen LogP contribution >= 0.6 is 0 Å². The third-order valence-corrected chi connectivity index (χ3v) is 3.22. The minimum Gasteiger partial charge on any atom is -0.374 e. The molecule has 0 atom stereocenters. The average Bonchev–Trinajstić information content (AvgIpc) is 2.32. The number of hydrogen-bond acceptors (Lipinski definition) is 2. The maximum Gasteiger partial charge on any atom is 0.0723 e. The van der Waals surface area contributed by atoms with Crippen molar-refractivity contribution < 1.29 is 9.47 Å². The molecule has 0 bridgehead atoms.